The van der Waals surface area contributed by atoms with Crippen molar-refractivity contribution >= 4 is 23.1 Å². The molecule has 0 aliphatic carbocycles. The Kier molecular flexibility index (Phi) is 4.85. The number of thiocarbonyl (C=S) groups is 1. The van der Waals surface area contributed by atoms with Crippen LogP contribution in [0.2, 0.25) is 0 Å². The lowest BCUT2D eigenvalue weighted by Gasteiger charge is -2.05. The molecule has 1 amide bonds. The van der Waals surface area contributed by atoms with Crippen molar-refractivity contribution in [1.82, 2.24) is 5.32 Å². The predicted molar refractivity (Wildman–Crippen MR) is 64.5 cm³/mol. The minimum atomic E-state index is -0.258. The van der Waals surface area contributed by atoms with Gasteiger partial charge < -0.3 is 11.1 Å². The van der Waals surface area contributed by atoms with Crippen molar-refractivity contribution in [2.75, 3.05) is 6.54 Å². The topological polar surface area (TPSA) is 55.1 Å². The largest absolute Gasteiger partial charge is 0.393 e. The average molecular weight is 240 g/mol. The highest BCUT2D eigenvalue weighted by molar-refractivity contribution is 7.80. The Morgan fingerprint density at radius 3 is 2.75 bits per heavy atom. The quantitative estimate of drug-likeness (QED) is 0.759. The molecule has 16 heavy (non-hydrogen) atoms. The van der Waals surface area contributed by atoms with E-state index in [2.05, 4.69) is 17.5 Å². The molecule has 86 valence electrons. The van der Waals surface area contributed by atoms with E-state index in [4.69, 9.17) is 5.73 Å². The highest BCUT2D eigenvalue weighted by Crippen LogP contribution is 2.06. The molecule has 0 saturated carbocycles. The third-order valence-corrected chi connectivity index (χ3v) is 2.15. The van der Waals surface area contributed by atoms with E-state index in [9.17, 15) is 9.18 Å². The number of halogens is 1. The monoisotopic (exact) mass is 240 g/mol. The van der Waals surface area contributed by atoms with E-state index in [0.29, 0.717) is 18.5 Å². The first-order chi connectivity index (χ1) is 7.59. The molecule has 0 aliphatic heterocycles. The fraction of sp³-hybridized carbons (Fsp3) is 0.273. The first kappa shape index (κ1) is 12.6. The summed E-state index contributed by atoms with van der Waals surface area (Å²) < 4.78 is 13.2. The van der Waals surface area contributed by atoms with Crippen LogP contribution in [-0.4, -0.2) is 17.4 Å². The second-order valence-corrected chi connectivity index (χ2v) is 3.86. The van der Waals surface area contributed by atoms with Gasteiger partial charge in [-0.15, -0.1) is 0 Å². The summed E-state index contributed by atoms with van der Waals surface area (Å²) in [4.78, 5) is 11.3. The van der Waals surface area contributed by atoms with Crippen molar-refractivity contribution in [3.05, 3.63) is 35.6 Å². The Hall–Kier alpha value is -1.49. The Morgan fingerprint density at radius 2 is 2.12 bits per heavy atom. The van der Waals surface area contributed by atoms with Crippen LogP contribution in [0.25, 0.3) is 0 Å². The van der Waals surface area contributed by atoms with Crippen molar-refractivity contribution < 1.29 is 9.18 Å². The maximum Gasteiger partial charge on any atom is 0.226 e. The van der Waals surface area contributed by atoms with E-state index >= 15 is 0 Å². The maximum absolute atomic E-state index is 13.2. The summed E-state index contributed by atoms with van der Waals surface area (Å²) in [5.41, 5.74) is 5.79. The van der Waals surface area contributed by atoms with Gasteiger partial charge >= 0.3 is 0 Å². The first-order valence-corrected chi connectivity index (χ1v) is 5.29. The molecule has 0 radical (unpaired) electrons. The van der Waals surface area contributed by atoms with Gasteiger partial charge in [0.1, 0.15) is 5.82 Å². The molecule has 1 rings (SSSR count). The average Bonchev–Trinajstić information content (AvgIpc) is 2.19. The highest BCUT2D eigenvalue weighted by atomic mass is 32.1. The van der Waals surface area contributed by atoms with Gasteiger partial charge in [0.2, 0.25) is 5.91 Å². The molecule has 1 aromatic rings. The number of nitrogens with two attached hydrogens (primary N) is 1. The van der Waals surface area contributed by atoms with Gasteiger partial charge in [0.05, 0.1) is 11.4 Å². The van der Waals surface area contributed by atoms with Gasteiger partial charge in [0, 0.05) is 6.54 Å². The lowest BCUT2D eigenvalue weighted by atomic mass is 10.1. The molecule has 0 saturated heterocycles. The third kappa shape index (κ3) is 4.35. The van der Waals surface area contributed by atoms with Crippen LogP contribution in [0.15, 0.2) is 24.3 Å². The van der Waals surface area contributed by atoms with Gasteiger partial charge in [-0.2, -0.15) is 0 Å². The highest BCUT2D eigenvalue weighted by Gasteiger charge is 2.04. The van der Waals surface area contributed by atoms with Crippen LogP contribution < -0.4 is 11.1 Å². The molecular formula is C11H13FN2OS. The van der Waals surface area contributed by atoms with Crippen LogP contribution in [0.5, 0.6) is 0 Å². The van der Waals surface area contributed by atoms with Gasteiger partial charge in [-0.05, 0) is 18.1 Å². The van der Waals surface area contributed by atoms with Gasteiger partial charge in [-0.25, -0.2) is 4.39 Å². The zero-order valence-corrected chi connectivity index (χ0v) is 9.52. The van der Waals surface area contributed by atoms with Crippen LogP contribution in [0.1, 0.15) is 12.0 Å². The van der Waals surface area contributed by atoms with Gasteiger partial charge in [0.15, 0.2) is 0 Å². The Morgan fingerprint density at radius 1 is 1.44 bits per heavy atom. The lowest BCUT2D eigenvalue weighted by molar-refractivity contribution is -0.119. The number of nitrogens with one attached hydrogen (secondary N) is 1. The van der Waals surface area contributed by atoms with Crippen LogP contribution in [-0.2, 0) is 11.2 Å². The Balaban J connectivity index is 2.33. The fourth-order valence-corrected chi connectivity index (χ4v) is 1.39. The van der Waals surface area contributed by atoms with Crippen LogP contribution in [0.4, 0.5) is 4.39 Å². The summed E-state index contributed by atoms with van der Waals surface area (Å²) >= 11 is 4.59. The number of benzene rings is 1. The van der Waals surface area contributed by atoms with E-state index in [1.54, 1.807) is 18.2 Å². The molecule has 3 nitrogen and oxygen atoms in total. The van der Waals surface area contributed by atoms with Crippen LogP contribution >= 0.6 is 12.2 Å². The number of hydrogen-bond donors (Lipinski definition) is 2. The second-order valence-electron chi connectivity index (χ2n) is 3.33. The molecule has 0 heterocycles. The molecule has 1 aromatic carbocycles. The predicted octanol–water partition coefficient (Wildman–Crippen LogP) is 1.16. The molecule has 0 spiro atoms. The van der Waals surface area contributed by atoms with Gasteiger partial charge in [0.25, 0.3) is 0 Å². The lowest BCUT2D eigenvalue weighted by Crippen LogP contribution is -2.29. The standard InChI is InChI=1S/C11H13FN2OS/c12-9-4-2-1-3-8(9)5-6-14-11(15)7-10(13)16/h1-4H,5-7H2,(H2,13,16)(H,14,15). The molecule has 0 atom stereocenters. The van der Waals surface area contributed by atoms with Crippen LogP contribution in [0.3, 0.4) is 0 Å². The summed E-state index contributed by atoms with van der Waals surface area (Å²) in [6.07, 6.45) is 0.488. The molecule has 5 heteroatoms. The van der Waals surface area contributed by atoms with Crippen molar-refractivity contribution in [1.29, 1.82) is 0 Å². The number of amides is 1. The normalized spacial score (nSPS) is 9.81. The number of carbonyl (C=O) groups is 1. The zero-order valence-electron chi connectivity index (χ0n) is 8.70. The molecule has 0 fully saturated rings. The number of carbonyl (C=O) groups excluding carboxylic acids is 1. The molecule has 0 aliphatic rings. The smallest absolute Gasteiger partial charge is 0.226 e. The minimum Gasteiger partial charge on any atom is -0.393 e. The van der Waals surface area contributed by atoms with E-state index in [1.807, 2.05) is 0 Å². The van der Waals surface area contributed by atoms with Gasteiger partial charge in [-0.3, -0.25) is 4.79 Å². The van der Waals surface area contributed by atoms with Crippen LogP contribution in [0, 0.1) is 5.82 Å². The molecule has 0 bridgehead atoms. The van der Waals surface area contributed by atoms with Crippen molar-refractivity contribution in [3.8, 4) is 0 Å². The number of rotatable bonds is 5. The molecule has 0 aromatic heterocycles. The first-order valence-electron chi connectivity index (χ1n) is 4.88. The fourth-order valence-electron chi connectivity index (χ4n) is 1.26. The summed E-state index contributed by atoms with van der Waals surface area (Å²) in [5, 5.41) is 2.62. The van der Waals surface area contributed by atoms with Crippen molar-refractivity contribution in [3.63, 3.8) is 0 Å². The van der Waals surface area contributed by atoms with E-state index in [0.717, 1.165) is 0 Å². The summed E-state index contributed by atoms with van der Waals surface area (Å²) in [5.74, 6) is -0.491. The van der Waals surface area contributed by atoms with E-state index in [1.165, 1.54) is 6.07 Å². The van der Waals surface area contributed by atoms with Crippen molar-refractivity contribution in [2.45, 2.75) is 12.8 Å². The summed E-state index contributed by atoms with van der Waals surface area (Å²) in [7, 11) is 0. The van der Waals surface area contributed by atoms with E-state index < -0.39 is 0 Å². The SMILES string of the molecule is NC(=S)CC(=O)NCCc1ccccc1F. The third-order valence-electron chi connectivity index (χ3n) is 2.01. The summed E-state index contributed by atoms with van der Waals surface area (Å²) in [6.45, 7) is 0.377. The second kappa shape index (κ2) is 6.17. The maximum atomic E-state index is 13.2. The van der Waals surface area contributed by atoms with Gasteiger partial charge in [-0.1, -0.05) is 30.4 Å². The molecule has 0 unspecified atom stereocenters. The Bertz CT molecular complexity index is 395. The summed E-state index contributed by atoms with van der Waals surface area (Å²) in [6, 6.07) is 6.47. The zero-order chi connectivity index (χ0) is 12.0. The van der Waals surface area contributed by atoms with Crippen molar-refractivity contribution in [2.24, 2.45) is 5.73 Å². The number of hydrogen-bond acceptors (Lipinski definition) is 2. The van der Waals surface area contributed by atoms with E-state index in [-0.39, 0.29) is 23.1 Å². The molecule has 3 N–H and O–H groups in total. The molecular weight excluding hydrogens is 227 g/mol. The minimum absolute atomic E-state index is 0.0343. The Labute approximate surface area is 98.8 Å².